The number of nitrogens with one attached hydrogen (secondary N) is 2. The van der Waals surface area contributed by atoms with E-state index in [1.807, 2.05) is 25.1 Å². The van der Waals surface area contributed by atoms with Gasteiger partial charge in [0.15, 0.2) is 0 Å². The van der Waals surface area contributed by atoms with Crippen LogP contribution in [0.5, 0.6) is 5.75 Å². The van der Waals surface area contributed by atoms with E-state index in [0.717, 1.165) is 11.1 Å². The summed E-state index contributed by atoms with van der Waals surface area (Å²) < 4.78 is 5.71. The van der Waals surface area contributed by atoms with Gasteiger partial charge >= 0.3 is 0 Å². The second-order valence-electron chi connectivity index (χ2n) is 5.90. The Labute approximate surface area is 145 Å². The number of rotatable bonds is 3. The first-order valence-corrected chi connectivity index (χ1v) is 7.90. The smallest absolute Gasteiger partial charge is 0.278 e. The van der Waals surface area contributed by atoms with Crippen molar-refractivity contribution in [3.05, 3.63) is 58.6 Å². The summed E-state index contributed by atoms with van der Waals surface area (Å²) in [6.45, 7) is 3.66. The molecule has 0 aliphatic carbocycles. The van der Waals surface area contributed by atoms with E-state index < -0.39 is 17.4 Å². The van der Waals surface area contributed by atoms with E-state index in [0.29, 0.717) is 16.5 Å². The molecule has 1 heterocycles. The van der Waals surface area contributed by atoms with Crippen LogP contribution in [-0.4, -0.2) is 17.4 Å². The molecule has 24 heavy (non-hydrogen) atoms. The predicted octanol–water partition coefficient (Wildman–Crippen LogP) is 3.05. The van der Waals surface area contributed by atoms with Crippen LogP contribution in [0.4, 0.5) is 5.69 Å². The van der Waals surface area contributed by atoms with Gasteiger partial charge in [0.05, 0.1) is 5.69 Å². The Hall–Kier alpha value is -2.53. The number of benzene rings is 2. The fourth-order valence-electron chi connectivity index (χ4n) is 2.44. The number of hydrogen-bond donors (Lipinski definition) is 2. The highest BCUT2D eigenvalue weighted by Crippen LogP contribution is 2.34. The summed E-state index contributed by atoms with van der Waals surface area (Å²) in [4.78, 5) is 24.9. The number of hydrogen-bond acceptors (Lipinski definition) is 3. The van der Waals surface area contributed by atoms with Gasteiger partial charge in [0.1, 0.15) is 5.75 Å². The Balaban J connectivity index is 1.74. The topological polar surface area (TPSA) is 67.4 Å². The second kappa shape index (κ2) is 6.17. The Kier molecular flexibility index (Phi) is 4.20. The largest absolute Gasteiger partial charge is 0.466 e. The average molecular weight is 345 g/mol. The van der Waals surface area contributed by atoms with Gasteiger partial charge in [-0.15, -0.1) is 0 Å². The van der Waals surface area contributed by atoms with Gasteiger partial charge in [-0.1, -0.05) is 29.8 Å². The first kappa shape index (κ1) is 16.3. The standard InChI is InChI=1S/C18H17ClN2O3/c1-11-3-8-15-14(9-11)21-17(23)18(2,24-15)16(22)20-10-12-4-6-13(19)7-5-12/h3-9H,10H2,1-2H3,(H,20,22)(H,21,23). The van der Waals surface area contributed by atoms with Gasteiger partial charge in [0.25, 0.3) is 17.4 Å². The third kappa shape index (κ3) is 3.08. The number of anilines is 1. The Morgan fingerprint density at radius 2 is 1.96 bits per heavy atom. The molecule has 2 aromatic rings. The monoisotopic (exact) mass is 344 g/mol. The number of amides is 2. The van der Waals surface area contributed by atoms with Crippen molar-refractivity contribution >= 4 is 29.1 Å². The summed E-state index contributed by atoms with van der Waals surface area (Å²) in [6.07, 6.45) is 0. The van der Waals surface area contributed by atoms with E-state index in [1.54, 1.807) is 24.3 Å². The molecule has 1 atom stereocenters. The minimum atomic E-state index is -1.62. The van der Waals surface area contributed by atoms with E-state index in [2.05, 4.69) is 10.6 Å². The zero-order valence-electron chi connectivity index (χ0n) is 13.4. The fraction of sp³-hybridized carbons (Fsp3) is 0.222. The quantitative estimate of drug-likeness (QED) is 0.841. The number of aryl methyl sites for hydroxylation is 1. The summed E-state index contributed by atoms with van der Waals surface area (Å²) in [7, 11) is 0. The lowest BCUT2D eigenvalue weighted by Crippen LogP contribution is -2.58. The molecule has 0 radical (unpaired) electrons. The molecule has 0 aromatic heterocycles. The Morgan fingerprint density at radius 3 is 2.67 bits per heavy atom. The molecular weight excluding hydrogens is 328 g/mol. The third-order valence-electron chi connectivity index (χ3n) is 3.93. The number of carbonyl (C=O) groups is 2. The molecule has 0 fully saturated rings. The molecule has 0 saturated heterocycles. The highest BCUT2D eigenvalue weighted by Gasteiger charge is 2.47. The van der Waals surface area contributed by atoms with Crippen molar-refractivity contribution in [3.8, 4) is 5.75 Å². The van der Waals surface area contributed by atoms with Crippen LogP contribution in [0.3, 0.4) is 0 Å². The van der Waals surface area contributed by atoms with E-state index >= 15 is 0 Å². The Bertz CT molecular complexity index is 804. The van der Waals surface area contributed by atoms with Crippen molar-refractivity contribution in [1.29, 1.82) is 0 Å². The second-order valence-corrected chi connectivity index (χ2v) is 6.33. The molecule has 0 spiro atoms. The van der Waals surface area contributed by atoms with Crippen LogP contribution in [0.15, 0.2) is 42.5 Å². The van der Waals surface area contributed by atoms with Gasteiger partial charge < -0.3 is 15.4 Å². The molecule has 1 unspecified atom stereocenters. The lowest BCUT2D eigenvalue weighted by molar-refractivity contribution is -0.146. The first-order valence-electron chi connectivity index (χ1n) is 7.52. The van der Waals surface area contributed by atoms with Crippen molar-refractivity contribution in [2.75, 3.05) is 5.32 Å². The van der Waals surface area contributed by atoms with Gasteiger partial charge in [0, 0.05) is 11.6 Å². The maximum absolute atomic E-state index is 12.5. The van der Waals surface area contributed by atoms with Crippen molar-refractivity contribution < 1.29 is 14.3 Å². The normalized spacial score (nSPS) is 19.0. The molecule has 2 amide bonds. The van der Waals surface area contributed by atoms with E-state index in [-0.39, 0.29) is 6.54 Å². The zero-order valence-corrected chi connectivity index (χ0v) is 14.1. The van der Waals surface area contributed by atoms with Gasteiger partial charge in [-0.2, -0.15) is 0 Å². The number of carbonyl (C=O) groups excluding carboxylic acids is 2. The molecule has 5 nitrogen and oxygen atoms in total. The summed E-state index contributed by atoms with van der Waals surface area (Å²) in [5, 5.41) is 6.09. The minimum absolute atomic E-state index is 0.281. The molecule has 0 saturated carbocycles. The van der Waals surface area contributed by atoms with E-state index in [1.165, 1.54) is 6.92 Å². The molecule has 2 N–H and O–H groups in total. The van der Waals surface area contributed by atoms with Gasteiger partial charge in [-0.3, -0.25) is 9.59 Å². The summed E-state index contributed by atoms with van der Waals surface area (Å²) in [5.41, 5.74) is 0.828. The third-order valence-corrected chi connectivity index (χ3v) is 4.18. The molecule has 6 heteroatoms. The van der Waals surface area contributed by atoms with Crippen LogP contribution in [0.2, 0.25) is 5.02 Å². The average Bonchev–Trinajstić information content (AvgIpc) is 2.55. The molecule has 124 valence electrons. The van der Waals surface area contributed by atoms with E-state index in [4.69, 9.17) is 16.3 Å². The van der Waals surface area contributed by atoms with Crippen LogP contribution in [0.1, 0.15) is 18.1 Å². The summed E-state index contributed by atoms with van der Waals surface area (Å²) in [6, 6.07) is 12.5. The molecule has 2 aromatic carbocycles. The molecule has 1 aliphatic rings. The SMILES string of the molecule is Cc1ccc2c(c1)NC(=O)C(C)(C(=O)NCc1ccc(Cl)cc1)O2. The summed E-state index contributed by atoms with van der Waals surface area (Å²) in [5.74, 6) is -0.514. The van der Waals surface area contributed by atoms with Gasteiger partial charge in [-0.25, -0.2) is 0 Å². The van der Waals surface area contributed by atoms with Crippen molar-refractivity contribution in [2.45, 2.75) is 26.0 Å². The predicted molar refractivity (Wildman–Crippen MR) is 92.1 cm³/mol. The van der Waals surface area contributed by atoms with Crippen LogP contribution in [0, 0.1) is 6.92 Å². The lowest BCUT2D eigenvalue weighted by Gasteiger charge is -2.33. The highest BCUT2D eigenvalue weighted by atomic mass is 35.5. The van der Waals surface area contributed by atoms with E-state index in [9.17, 15) is 9.59 Å². The molecular formula is C18H17ClN2O3. The number of ether oxygens (including phenoxy) is 1. The van der Waals surface area contributed by atoms with Crippen LogP contribution in [0.25, 0.3) is 0 Å². The molecule has 1 aliphatic heterocycles. The van der Waals surface area contributed by atoms with Gasteiger partial charge in [-0.05, 0) is 49.2 Å². The zero-order chi connectivity index (χ0) is 17.3. The maximum Gasteiger partial charge on any atom is 0.278 e. The van der Waals surface area contributed by atoms with Crippen molar-refractivity contribution in [1.82, 2.24) is 5.32 Å². The summed E-state index contributed by atoms with van der Waals surface area (Å²) >= 11 is 5.84. The fourth-order valence-corrected chi connectivity index (χ4v) is 2.57. The van der Waals surface area contributed by atoms with Crippen LogP contribution in [-0.2, 0) is 16.1 Å². The first-order chi connectivity index (χ1) is 11.4. The van der Waals surface area contributed by atoms with Crippen molar-refractivity contribution in [3.63, 3.8) is 0 Å². The highest BCUT2D eigenvalue weighted by molar-refractivity contribution is 6.30. The maximum atomic E-state index is 12.5. The minimum Gasteiger partial charge on any atom is -0.466 e. The Morgan fingerprint density at radius 1 is 1.25 bits per heavy atom. The molecule has 0 bridgehead atoms. The number of halogens is 1. The number of fused-ring (bicyclic) bond motifs is 1. The van der Waals surface area contributed by atoms with Crippen LogP contribution >= 0.6 is 11.6 Å². The van der Waals surface area contributed by atoms with Crippen LogP contribution < -0.4 is 15.4 Å². The van der Waals surface area contributed by atoms with Crippen molar-refractivity contribution in [2.24, 2.45) is 0 Å². The lowest BCUT2D eigenvalue weighted by atomic mass is 10.0. The van der Waals surface area contributed by atoms with Gasteiger partial charge in [0.2, 0.25) is 0 Å². The molecule has 3 rings (SSSR count).